The predicted molar refractivity (Wildman–Crippen MR) is 60.6 cm³/mol. The van der Waals surface area contributed by atoms with Crippen LogP contribution in [0.1, 0.15) is 33.1 Å². The summed E-state index contributed by atoms with van der Waals surface area (Å²) in [6.07, 6.45) is 1.49. The van der Waals surface area contributed by atoms with E-state index in [2.05, 4.69) is 0 Å². The summed E-state index contributed by atoms with van der Waals surface area (Å²) in [5.41, 5.74) is 0. The summed E-state index contributed by atoms with van der Waals surface area (Å²) < 4.78 is 25.3. The second-order valence-corrected chi connectivity index (χ2v) is 6.70. The molecular weight excluding hydrogens is 230 g/mol. The minimum absolute atomic E-state index is 0.112. The maximum atomic E-state index is 11.9. The zero-order chi connectivity index (χ0) is 12.3. The fraction of sp³-hybridized carbons (Fsp3) is 0.900. The SMILES string of the molecule is CC(C)CN(C1CC1)S(=O)(=O)CCC(=O)O. The van der Waals surface area contributed by atoms with Crippen molar-refractivity contribution in [3.8, 4) is 0 Å². The molecule has 5 nitrogen and oxygen atoms in total. The zero-order valence-electron chi connectivity index (χ0n) is 9.72. The van der Waals surface area contributed by atoms with Crippen molar-refractivity contribution < 1.29 is 18.3 Å². The van der Waals surface area contributed by atoms with Gasteiger partial charge in [-0.25, -0.2) is 8.42 Å². The third-order valence-electron chi connectivity index (χ3n) is 2.43. The van der Waals surface area contributed by atoms with E-state index >= 15 is 0 Å². The van der Waals surface area contributed by atoms with Crippen molar-refractivity contribution in [1.29, 1.82) is 0 Å². The molecule has 0 radical (unpaired) electrons. The van der Waals surface area contributed by atoms with Gasteiger partial charge in [0.15, 0.2) is 0 Å². The highest BCUT2D eigenvalue weighted by Gasteiger charge is 2.37. The Bertz CT molecular complexity index is 346. The van der Waals surface area contributed by atoms with E-state index < -0.39 is 16.0 Å². The maximum Gasteiger partial charge on any atom is 0.304 e. The Kier molecular flexibility index (Phi) is 4.32. The van der Waals surface area contributed by atoms with Crippen LogP contribution in [0.5, 0.6) is 0 Å². The molecule has 0 unspecified atom stereocenters. The Balaban J connectivity index is 2.64. The highest BCUT2D eigenvalue weighted by molar-refractivity contribution is 7.89. The number of carboxylic acid groups (broad SMARTS) is 1. The number of hydrogen-bond donors (Lipinski definition) is 1. The van der Waals surface area contributed by atoms with Gasteiger partial charge in [0.25, 0.3) is 0 Å². The van der Waals surface area contributed by atoms with Crippen LogP contribution >= 0.6 is 0 Å². The van der Waals surface area contributed by atoms with Gasteiger partial charge in [0.1, 0.15) is 0 Å². The Morgan fingerprint density at radius 3 is 2.38 bits per heavy atom. The van der Waals surface area contributed by atoms with Crippen LogP contribution in [0.2, 0.25) is 0 Å². The smallest absolute Gasteiger partial charge is 0.304 e. The maximum absolute atomic E-state index is 11.9. The van der Waals surface area contributed by atoms with Gasteiger partial charge in [-0.2, -0.15) is 4.31 Å². The van der Waals surface area contributed by atoms with Crippen LogP contribution < -0.4 is 0 Å². The third kappa shape index (κ3) is 4.09. The molecule has 1 rings (SSSR count). The molecule has 0 aromatic carbocycles. The van der Waals surface area contributed by atoms with Gasteiger partial charge in [-0.1, -0.05) is 13.8 Å². The van der Waals surface area contributed by atoms with E-state index in [1.807, 2.05) is 13.8 Å². The molecule has 1 aliphatic carbocycles. The summed E-state index contributed by atoms with van der Waals surface area (Å²) in [7, 11) is -3.40. The van der Waals surface area contributed by atoms with E-state index in [1.165, 1.54) is 4.31 Å². The molecule has 0 heterocycles. The number of aliphatic carboxylic acids is 1. The highest BCUT2D eigenvalue weighted by Crippen LogP contribution is 2.30. The van der Waals surface area contributed by atoms with Crippen LogP contribution in [0.25, 0.3) is 0 Å². The summed E-state index contributed by atoms with van der Waals surface area (Å²) >= 11 is 0. The second-order valence-electron chi connectivity index (χ2n) is 4.65. The molecule has 94 valence electrons. The van der Waals surface area contributed by atoms with Crippen LogP contribution in [0.3, 0.4) is 0 Å². The van der Waals surface area contributed by atoms with E-state index in [0.29, 0.717) is 6.54 Å². The van der Waals surface area contributed by atoms with E-state index in [4.69, 9.17) is 5.11 Å². The van der Waals surface area contributed by atoms with Crippen molar-refractivity contribution in [2.45, 2.75) is 39.2 Å². The second kappa shape index (κ2) is 5.14. The first-order chi connectivity index (χ1) is 7.33. The standard InChI is InChI=1S/C10H19NO4S/c1-8(2)7-11(9-3-4-9)16(14,15)6-5-10(12)13/h8-9H,3-7H2,1-2H3,(H,12,13). The number of sulfonamides is 1. The Morgan fingerprint density at radius 1 is 1.44 bits per heavy atom. The average molecular weight is 249 g/mol. The first kappa shape index (κ1) is 13.4. The predicted octanol–water partition coefficient (Wildman–Crippen LogP) is 0.911. The lowest BCUT2D eigenvalue weighted by Crippen LogP contribution is -2.38. The molecule has 0 aliphatic heterocycles. The summed E-state index contributed by atoms with van der Waals surface area (Å²) in [4.78, 5) is 10.4. The molecule has 0 bridgehead atoms. The van der Waals surface area contributed by atoms with Crippen LogP contribution in [0, 0.1) is 5.92 Å². The number of carboxylic acids is 1. The zero-order valence-corrected chi connectivity index (χ0v) is 10.5. The molecule has 0 aromatic rings. The normalized spacial score (nSPS) is 17.0. The molecule has 16 heavy (non-hydrogen) atoms. The number of hydrogen-bond acceptors (Lipinski definition) is 3. The molecule has 0 spiro atoms. The minimum Gasteiger partial charge on any atom is -0.481 e. The molecule has 1 N–H and O–H groups in total. The lowest BCUT2D eigenvalue weighted by Gasteiger charge is -2.23. The number of carbonyl (C=O) groups is 1. The Morgan fingerprint density at radius 2 is 2.00 bits per heavy atom. The molecule has 1 saturated carbocycles. The van der Waals surface area contributed by atoms with Gasteiger partial charge in [-0.15, -0.1) is 0 Å². The molecule has 1 aliphatic rings. The Hall–Kier alpha value is -0.620. The van der Waals surface area contributed by atoms with E-state index in [1.54, 1.807) is 0 Å². The van der Waals surface area contributed by atoms with E-state index in [0.717, 1.165) is 12.8 Å². The fourth-order valence-corrected chi connectivity index (χ4v) is 3.40. The van der Waals surface area contributed by atoms with Gasteiger partial charge in [0.05, 0.1) is 12.2 Å². The van der Waals surface area contributed by atoms with Crippen molar-refractivity contribution in [3.63, 3.8) is 0 Å². The van der Waals surface area contributed by atoms with Crippen molar-refractivity contribution in [1.82, 2.24) is 4.31 Å². The number of rotatable bonds is 7. The lowest BCUT2D eigenvalue weighted by molar-refractivity contribution is -0.136. The first-order valence-corrected chi connectivity index (χ1v) is 7.15. The summed E-state index contributed by atoms with van der Waals surface area (Å²) in [5, 5.41) is 8.51. The first-order valence-electron chi connectivity index (χ1n) is 5.54. The van der Waals surface area contributed by atoms with Crippen LogP contribution in [0.4, 0.5) is 0 Å². The summed E-state index contributed by atoms with van der Waals surface area (Å²) in [5.74, 6) is -1.09. The minimum atomic E-state index is -3.40. The van der Waals surface area contributed by atoms with Crippen LogP contribution in [-0.2, 0) is 14.8 Å². The lowest BCUT2D eigenvalue weighted by atomic mass is 10.2. The van der Waals surface area contributed by atoms with Gasteiger partial charge in [-0.05, 0) is 18.8 Å². The van der Waals surface area contributed by atoms with Crippen molar-refractivity contribution in [3.05, 3.63) is 0 Å². The largest absolute Gasteiger partial charge is 0.481 e. The van der Waals surface area contributed by atoms with Crippen LogP contribution in [-0.4, -0.2) is 42.1 Å². The molecule has 0 amide bonds. The fourth-order valence-electron chi connectivity index (χ4n) is 1.55. The summed E-state index contributed by atoms with van der Waals surface area (Å²) in [6, 6.07) is 0.112. The van der Waals surface area contributed by atoms with Crippen LogP contribution in [0.15, 0.2) is 0 Å². The topological polar surface area (TPSA) is 74.7 Å². The third-order valence-corrected chi connectivity index (χ3v) is 4.31. The quantitative estimate of drug-likeness (QED) is 0.727. The highest BCUT2D eigenvalue weighted by atomic mass is 32.2. The molecule has 0 atom stereocenters. The number of nitrogens with zero attached hydrogens (tertiary/aromatic N) is 1. The van der Waals surface area contributed by atoms with E-state index in [-0.39, 0.29) is 24.1 Å². The van der Waals surface area contributed by atoms with Crippen molar-refractivity contribution in [2.24, 2.45) is 5.92 Å². The summed E-state index contributed by atoms with van der Waals surface area (Å²) in [6.45, 7) is 4.41. The van der Waals surface area contributed by atoms with Gasteiger partial charge in [0.2, 0.25) is 10.0 Å². The van der Waals surface area contributed by atoms with Gasteiger partial charge >= 0.3 is 5.97 Å². The molecule has 6 heteroatoms. The van der Waals surface area contributed by atoms with Gasteiger partial charge < -0.3 is 5.11 Å². The van der Waals surface area contributed by atoms with Crippen molar-refractivity contribution >= 4 is 16.0 Å². The monoisotopic (exact) mass is 249 g/mol. The average Bonchev–Trinajstić information content (AvgIpc) is 2.94. The molecule has 1 fully saturated rings. The van der Waals surface area contributed by atoms with Gasteiger partial charge in [0, 0.05) is 12.6 Å². The molecule has 0 aromatic heterocycles. The van der Waals surface area contributed by atoms with Crippen molar-refractivity contribution in [2.75, 3.05) is 12.3 Å². The van der Waals surface area contributed by atoms with E-state index in [9.17, 15) is 13.2 Å². The molecular formula is C10H19NO4S. The molecule has 0 saturated heterocycles. The van der Waals surface area contributed by atoms with Gasteiger partial charge in [-0.3, -0.25) is 4.79 Å². The Labute approximate surface area is 96.5 Å².